The highest BCUT2D eigenvalue weighted by Crippen LogP contribution is 2.24. The van der Waals surface area contributed by atoms with Gasteiger partial charge in [0.1, 0.15) is 11.6 Å². The summed E-state index contributed by atoms with van der Waals surface area (Å²) >= 11 is 0. The zero-order chi connectivity index (χ0) is 21.8. The van der Waals surface area contributed by atoms with Crippen LogP contribution in [0, 0.1) is 19.7 Å². The third-order valence-corrected chi connectivity index (χ3v) is 5.73. The summed E-state index contributed by atoms with van der Waals surface area (Å²) in [5, 5.41) is 7.65. The highest BCUT2D eigenvalue weighted by Gasteiger charge is 2.21. The summed E-state index contributed by atoms with van der Waals surface area (Å²) in [5.74, 6) is 0.987. The van der Waals surface area contributed by atoms with E-state index >= 15 is 0 Å². The maximum absolute atomic E-state index is 13.0. The van der Waals surface area contributed by atoms with Gasteiger partial charge >= 0.3 is 0 Å². The molecule has 7 heteroatoms. The third-order valence-electron chi connectivity index (χ3n) is 5.73. The maximum Gasteiger partial charge on any atom is 0.260 e. The number of H-pyrrole nitrogens is 1. The molecule has 1 N–H and O–H groups in total. The van der Waals surface area contributed by atoms with Gasteiger partial charge in [-0.2, -0.15) is 5.10 Å². The van der Waals surface area contributed by atoms with Crippen LogP contribution in [0.1, 0.15) is 17.5 Å². The summed E-state index contributed by atoms with van der Waals surface area (Å²) < 4.78 is 18.5. The first kappa shape index (κ1) is 20.9. The molecule has 0 radical (unpaired) electrons. The van der Waals surface area contributed by atoms with Gasteiger partial charge in [-0.3, -0.25) is 9.89 Å². The Balaban J connectivity index is 1.34. The second-order valence-corrected chi connectivity index (χ2v) is 7.90. The molecule has 1 amide bonds. The molecule has 2 heterocycles. The van der Waals surface area contributed by atoms with Crippen LogP contribution in [-0.4, -0.2) is 53.8 Å². The Labute approximate surface area is 181 Å². The third kappa shape index (κ3) is 5.05. The minimum Gasteiger partial charge on any atom is -0.484 e. The summed E-state index contributed by atoms with van der Waals surface area (Å²) in [6.45, 7) is 6.99. The van der Waals surface area contributed by atoms with E-state index in [1.165, 1.54) is 35.4 Å². The second-order valence-electron chi connectivity index (χ2n) is 7.90. The predicted molar refractivity (Wildman–Crippen MR) is 119 cm³/mol. The smallest absolute Gasteiger partial charge is 0.260 e. The van der Waals surface area contributed by atoms with E-state index in [0.717, 1.165) is 30.0 Å². The summed E-state index contributed by atoms with van der Waals surface area (Å²) in [6, 6.07) is 14.1. The lowest BCUT2D eigenvalue weighted by Crippen LogP contribution is -2.38. The van der Waals surface area contributed by atoms with Gasteiger partial charge in [0.25, 0.3) is 5.91 Å². The molecule has 1 saturated heterocycles. The molecule has 1 aliphatic rings. The Morgan fingerprint density at radius 3 is 2.61 bits per heavy atom. The van der Waals surface area contributed by atoms with Gasteiger partial charge in [0, 0.05) is 32.2 Å². The number of aromatic amines is 1. The summed E-state index contributed by atoms with van der Waals surface area (Å²) in [6.07, 6.45) is 0.855. The molecule has 1 aromatic heterocycles. The number of halogens is 1. The van der Waals surface area contributed by atoms with Crippen molar-refractivity contribution in [2.75, 3.05) is 37.7 Å². The normalized spacial score (nSPS) is 14.4. The molecule has 2 aromatic carbocycles. The Morgan fingerprint density at radius 2 is 1.84 bits per heavy atom. The van der Waals surface area contributed by atoms with Crippen LogP contribution in [-0.2, 0) is 4.79 Å². The fourth-order valence-corrected chi connectivity index (χ4v) is 3.69. The molecule has 162 valence electrons. The maximum atomic E-state index is 13.0. The van der Waals surface area contributed by atoms with Crippen molar-refractivity contribution in [2.45, 2.75) is 20.3 Å². The number of hydrogen-bond donors (Lipinski definition) is 1. The molecule has 0 saturated carbocycles. The number of amides is 1. The van der Waals surface area contributed by atoms with Crippen LogP contribution < -0.4 is 9.64 Å². The Hall–Kier alpha value is -3.35. The topological polar surface area (TPSA) is 61.5 Å². The Morgan fingerprint density at radius 1 is 1.03 bits per heavy atom. The molecule has 0 atom stereocenters. The lowest BCUT2D eigenvalue weighted by molar-refractivity contribution is -0.133. The molecule has 0 aliphatic carbocycles. The molecule has 31 heavy (non-hydrogen) atoms. The van der Waals surface area contributed by atoms with Crippen LogP contribution in [0.4, 0.5) is 10.2 Å². The summed E-state index contributed by atoms with van der Waals surface area (Å²) in [4.78, 5) is 16.6. The van der Waals surface area contributed by atoms with Crippen LogP contribution in [0.15, 0.2) is 48.5 Å². The quantitative estimate of drug-likeness (QED) is 0.676. The molecule has 4 rings (SSSR count). The standard InChI is InChI=1S/C24H27FN4O2/c1-17-4-5-19(14-18(17)2)22-15-23(27-26-22)28-10-3-11-29(13-12-28)24(30)16-31-21-8-6-20(25)7-9-21/h4-9,14-15H,3,10-13,16H2,1-2H3,(H,26,27). The second kappa shape index (κ2) is 9.20. The van der Waals surface area contributed by atoms with Crippen LogP contribution >= 0.6 is 0 Å². The number of carbonyl (C=O) groups is 1. The number of aryl methyl sites for hydroxylation is 2. The van der Waals surface area contributed by atoms with E-state index in [4.69, 9.17) is 4.74 Å². The number of anilines is 1. The molecular formula is C24H27FN4O2. The van der Waals surface area contributed by atoms with Crippen LogP contribution in [0.2, 0.25) is 0 Å². The van der Waals surface area contributed by atoms with Crippen molar-refractivity contribution in [3.8, 4) is 17.0 Å². The fourth-order valence-electron chi connectivity index (χ4n) is 3.69. The van der Waals surface area contributed by atoms with Gasteiger partial charge < -0.3 is 14.5 Å². The number of hydrogen-bond acceptors (Lipinski definition) is 4. The van der Waals surface area contributed by atoms with Crippen molar-refractivity contribution in [1.82, 2.24) is 15.1 Å². The van der Waals surface area contributed by atoms with Crippen molar-refractivity contribution < 1.29 is 13.9 Å². The molecule has 6 nitrogen and oxygen atoms in total. The van der Waals surface area contributed by atoms with E-state index in [0.29, 0.717) is 25.4 Å². The molecule has 3 aromatic rings. The first-order chi connectivity index (χ1) is 15.0. The number of ether oxygens (including phenoxy) is 1. The Kier molecular flexibility index (Phi) is 6.21. The van der Waals surface area contributed by atoms with Crippen molar-refractivity contribution >= 4 is 11.7 Å². The van der Waals surface area contributed by atoms with E-state index in [1.54, 1.807) is 0 Å². The minimum atomic E-state index is -0.328. The average molecular weight is 423 g/mol. The van der Waals surface area contributed by atoms with Gasteiger partial charge in [-0.1, -0.05) is 12.1 Å². The number of carbonyl (C=O) groups excluding carboxylic acids is 1. The van der Waals surface area contributed by atoms with E-state index < -0.39 is 0 Å². The van der Waals surface area contributed by atoms with Gasteiger partial charge in [0.2, 0.25) is 0 Å². The largest absolute Gasteiger partial charge is 0.484 e. The first-order valence-corrected chi connectivity index (χ1v) is 10.5. The fraction of sp³-hybridized carbons (Fsp3) is 0.333. The molecule has 1 fully saturated rings. The van der Waals surface area contributed by atoms with Gasteiger partial charge in [-0.15, -0.1) is 0 Å². The number of benzene rings is 2. The van der Waals surface area contributed by atoms with Gasteiger partial charge in [-0.25, -0.2) is 4.39 Å². The van der Waals surface area contributed by atoms with E-state index in [9.17, 15) is 9.18 Å². The zero-order valence-electron chi connectivity index (χ0n) is 17.9. The van der Waals surface area contributed by atoms with E-state index in [1.807, 2.05) is 4.90 Å². The zero-order valence-corrected chi connectivity index (χ0v) is 17.9. The highest BCUT2D eigenvalue weighted by molar-refractivity contribution is 5.78. The van der Waals surface area contributed by atoms with E-state index in [-0.39, 0.29) is 18.3 Å². The van der Waals surface area contributed by atoms with Crippen LogP contribution in [0.3, 0.4) is 0 Å². The highest BCUT2D eigenvalue weighted by atomic mass is 19.1. The number of nitrogens with zero attached hydrogens (tertiary/aromatic N) is 3. The Bertz CT molecular complexity index is 1050. The van der Waals surface area contributed by atoms with E-state index in [2.05, 4.69) is 53.2 Å². The molecule has 0 bridgehead atoms. The molecule has 0 spiro atoms. The number of aromatic nitrogens is 2. The van der Waals surface area contributed by atoms with Gasteiger partial charge in [0.15, 0.2) is 12.4 Å². The van der Waals surface area contributed by atoms with Crippen LogP contribution in [0.25, 0.3) is 11.3 Å². The number of nitrogens with one attached hydrogen (secondary N) is 1. The monoisotopic (exact) mass is 422 g/mol. The van der Waals surface area contributed by atoms with Crippen molar-refractivity contribution in [3.63, 3.8) is 0 Å². The SMILES string of the molecule is Cc1ccc(-c2cc(N3CCCN(C(=O)COc4ccc(F)cc4)CC3)n[nH]2)cc1C. The molecule has 1 aliphatic heterocycles. The van der Waals surface area contributed by atoms with Crippen molar-refractivity contribution in [3.05, 3.63) is 65.5 Å². The lowest BCUT2D eigenvalue weighted by atomic mass is 10.0. The van der Waals surface area contributed by atoms with Crippen LogP contribution in [0.5, 0.6) is 5.75 Å². The van der Waals surface area contributed by atoms with Gasteiger partial charge in [-0.05, 0) is 67.3 Å². The summed E-state index contributed by atoms with van der Waals surface area (Å²) in [5.41, 5.74) is 4.62. The van der Waals surface area contributed by atoms with Gasteiger partial charge in [0.05, 0.1) is 5.69 Å². The minimum absolute atomic E-state index is 0.0506. The number of rotatable bonds is 5. The average Bonchev–Trinajstić information content (AvgIpc) is 3.13. The predicted octanol–water partition coefficient (Wildman–Crippen LogP) is 3.95. The first-order valence-electron chi connectivity index (χ1n) is 10.5. The lowest BCUT2D eigenvalue weighted by Gasteiger charge is -2.22. The summed E-state index contributed by atoms with van der Waals surface area (Å²) in [7, 11) is 0. The molecule has 0 unspecified atom stereocenters. The van der Waals surface area contributed by atoms with Crippen molar-refractivity contribution in [2.24, 2.45) is 0 Å². The van der Waals surface area contributed by atoms with Crippen molar-refractivity contribution in [1.29, 1.82) is 0 Å². The molecular weight excluding hydrogens is 395 g/mol.